The number of aliphatic hydroxyl groups excluding tert-OH is 2. The van der Waals surface area contributed by atoms with Crippen LogP contribution in [-0.4, -0.2) is 106 Å². The molecule has 19 nitrogen and oxygen atoms in total. The van der Waals surface area contributed by atoms with E-state index in [-0.39, 0.29) is 59.3 Å². The standard InChI is InChI=1S/C38H39N11O8S2/c1-48(20-22-50)37-43-33(42-34(45-37)39-28-9-4-3-5-10-28)27-15-17-29(18-16-27)40-35-44-36(47-38(46-35)49(2)21-23-51)41-30-19-14-26(32(24-30)59(55,56)57)13-12-25-8-6-7-11-31(25)58(52,53)54/h3-19,24,50-51H,20-23H2,1-2H3,(H,52,53,54)(H,55,56,57)(H,39,42,43,45)(H2,40,41,44,46,47)/b13-12+. The Morgan fingerprint density at radius 3 is 1.59 bits per heavy atom. The Bertz CT molecular complexity index is 2670. The summed E-state index contributed by atoms with van der Waals surface area (Å²) in [6, 6.07) is 26.1. The van der Waals surface area contributed by atoms with Crippen molar-refractivity contribution in [2.45, 2.75) is 9.79 Å². The fourth-order valence-corrected chi connectivity index (χ4v) is 6.88. The van der Waals surface area contributed by atoms with Gasteiger partial charge in [-0.05, 0) is 65.7 Å². The molecule has 306 valence electrons. The molecule has 0 atom stereocenters. The normalized spacial score (nSPS) is 11.7. The molecule has 6 aromatic rings. The monoisotopic (exact) mass is 841 g/mol. The Morgan fingerprint density at radius 2 is 1.02 bits per heavy atom. The van der Waals surface area contributed by atoms with Gasteiger partial charge in [0.1, 0.15) is 9.79 Å². The zero-order valence-corrected chi connectivity index (χ0v) is 33.2. The van der Waals surface area contributed by atoms with Crippen LogP contribution in [0, 0.1) is 0 Å². The van der Waals surface area contributed by atoms with Crippen LogP contribution in [0.2, 0.25) is 0 Å². The number of aliphatic hydroxyl groups is 2. The van der Waals surface area contributed by atoms with Gasteiger partial charge in [-0.2, -0.15) is 46.7 Å². The van der Waals surface area contributed by atoms with Gasteiger partial charge in [0.2, 0.25) is 29.7 Å². The maximum atomic E-state index is 12.5. The van der Waals surface area contributed by atoms with Gasteiger partial charge >= 0.3 is 0 Å². The molecule has 0 aliphatic rings. The highest BCUT2D eigenvalue weighted by Crippen LogP contribution is 2.28. The summed E-state index contributed by atoms with van der Waals surface area (Å²) in [7, 11) is -5.96. The average molecular weight is 842 g/mol. The zero-order chi connectivity index (χ0) is 42.2. The topological polar surface area (TPSA) is 269 Å². The summed E-state index contributed by atoms with van der Waals surface area (Å²) in [5.41, 5.74) is 2.27. The molecule has 2 aromatic heterocycles. The van der Waals surface area contributed by atoms with E-state index in [1.807, 2.05) is 30.3 Å². The number of nitrogens with zero attached hydrogens (tertiary/aromatic N) is 8. The van der Waals surface area contributed by atoms with Crippen molar-refractivity contribution < 1.29 is 36.2 Å². The predicted molar refractivity (Wildman–Crippen MR) is 224 cm³/mol. The molecule has 0 amide bonds. The fraction of sp³-hybridized carbons (Fsp3) is 0.158. The minimum absolute atomic E-state index is 0.0160. The first-order chi connectivity index (χ1) is 28.2. The van der Waals surface area contributed by atoms with E-state index in [1.54, 1.807) is 48.2 Å². The van der Waals surface area contributed by atoms with Crippen LogP contribution in [0.5, 0.6) is 0 Å². The number of aromatic nitrogens is 6. The molecule has 2 heterocycles. The van der Waals surface area contributed by atoms with Crippen LogP contribution >= 0.6 is 0 Å². The lowest BCUT2D eigenvalue weighted by atomic mass is 10.1. The molecular formula is C38H39N11O8S2. The van der Waals surface area contributed by atoms with E-state index in [4.69, 9.17) is 0 Å². The van der Waals surface area contributed by atoms with Gasteiger partial charge in [-0.3, -0.25) is 9.11 Å². The Balaban J connectivity index is 1.28. The Morgan fingerprint density at radius 1 is 0.542 bits per heavy atom. The van der Waals surface area contributed by atoms with E-state index >= 15 is 0 Å². The second kappa shape index (κ2) is 18.3. The molecule has 0 bridgehead atoms. The minimum Gasteiger partial charge on any atom is -0.395 e. The molecule has 0 radical (unpaired) electrons. The van der Waals surface area contributed by atoms with Gasteiger partial charge in [-0.1, -0.05) is 54.6 Å². The largest absolute Gasteiger partial charge is 0.395 e. The maximum Gasteiger partial charge on any atom is 0.295 e. The molecule has 0 saturated heterocycles. The van der Waals surface area contributed by atoms with Crippen molar-refractivity contribution in [1.29, 1.82) is 0 Å². The molecule has 0 unspecified atom stereocenters. The quantitative estimate of drug-likeness (QED) is 0.0493. The van der Waals surface area contributed by atoms with Crippen molar-refractivity contribution in [1.82, 2.24) is 29.9 Å². The van der Waals surface area contributed by atoms with Crippen molar-refractivity contribution in [3.05, 3.63) is 108 Å². The first-order valence-electron chi connectivity index (χ1n) is 17.7. The van der Waals surface area contributed by atoms with Crippen LogP contribution in [0.4, 0.5) is 46.8 Å². The maximum absolute atomic E-state index is 12.5. The lowest BCUT2D eigenvalue weighted by Crippen LogP contribution is -2.24. The van der Waals surface area contributed by atoms with E-state index in [0.29, 0.717) is 35.5 Å². The van der Waals surface area contributed by atoms with Crippen molar-refractivity contribution in [2.75, 3.05) is 66.1 Å². The van der Waals surface area contributed by atoms with Crippen molar-refractivity contribution in [2.24, 2.45) is 0 Å². The van der Waals surface area contributed by atoms with Gasteiger partial charge in [-0.15, -0.1) is 0 Å². The average Bonchev–Trinajstić information content (AvgIpc) is 3.20. The first-order valence-corrected chi connectivity index (χ1v) is 20.6. The number of benzene rings is 4. The van der Waals surface area contributed by atoms with Crippen molar-refractivity contribution in [3.8, 4) is 11.4 Å². The number of likely N-dealkylation sites (N-methyl/N-ethyl adjacent to an activating group) is 2. The molecular weight excluding hydrogens is 803 g/mol. The van der Waals surface area contributed by atoms with Gasteiger partial charge in [0.15, 0.2) is 5.82 Å². The Kier molecular flexibility index (Phi) is 13.0. The van der Waals surface area contributed by atoms with E-state index in [1.165, 1.54) is 48.6 Å². The van der Waals surface area contributed by atoms with Gasteiger partial charge < -0.3 is 36.0 Å². The lowest BCUT2D eigenvalue weighted by Gasteiger charge is -2.18. The van der Waals surface area contributed by atoms with Gasteiger partial charge in [-0.25, -0.2) is 0 Å². The number of nitrogens with one attached hydrogen (secondary N) is 3. The van der Waals surface area contributed by atoms with Gasteiger partial charge in [0.25, 0.3) is 20.2 Å². The molecule has 0 saturated carbocycles. The molecule has 0 spiro atoms. The number of hydrogen-bond acceptors (Lipinski definition) is 17. The van der Waals surface area contributed by atoms with Crippen LogP contribution in [-0.2, 0) is 20.2 Å². The van der Waals surface area contributed by atoms with Crippen LogP contribution < -0.4 is 25.8 Å². The molecule has 0 aliphatic heterocycles. The number of hydrogen-bond donors (Lipinski definition) is 7. The third-order valence-electron chi connectivity index (χ3n) is 8.42. The van der Waals surface area contributed by atoms with E-state index in [9.17, 15) is 36.2 Å². The third kappa shape index (κ3) is 11.1. The van der Waals surface area contributed by atoms with Crippen LogP contribution in [0.3, 0.4) is 0 Å². The zero-order valence-electron chi connectivity index (χ0n) is 31.5. The molecule has 0 fully saturated rings. The summed E-state index contributed by atoms with van der Waals surface area (Å²) in [6.07, 6.45) is 2.57. The highest BCUT2D eigenvalue weighted by molar-refractivity contribution is 7.86. The molecule has 0 aliphatic carbocycles. The molecule has 59 heavy (non-hydrogen) atoms. The molecule has 21 heteroatoms. The lowest BCUT2D eigenvalue weighted by molar-refractivity contribution is 0.303. The molecule has 6 rings (SSSR count). The number of para-hydroxylation sites is 1. The van der Waals surface area contributed by atoms with Crippen molar-refractivity contribution >= 4 is 79.2 Å². The summed E-state index contributed by atoms with van der Waals surface area (Å²) in [5, 5.41) is 28.4. The van der Waals surface area contributed by atoms with Crippen LogP contribution in [0.25, 0.3) is 23.5 Å². The number of rotatable bonds is 17. The molecule has 4 aromatic carbocycles. The van der Waals surface area contributed by atoms with Crippen LogP contribution in [0.15, 0.2) is 107 Å². The summed E-state index contributed by atoms with van der Waals surface area (Å²) >= 11 is 0. The predicted octanol–water partition coefficient (Wildman–Crippen LogP) is 4.48. The van der Waals surface area contributed by atoms with Gasteiger partial charge in [0.05, 0.1) is 13.2 Å². The fourth-order valence-electron chi connectivity index (χ4n) is 5.49. The first kappa shape index (κ1) is 42.0. The third-order valence-corrected chi connectivity index (χ3v) is 10.3. The van der Waals surface area contributed by atoms with E-state index in [2.05, 4.69) is 45.9 Å². The highest BCUT2D eigenvalue weighted by atomic mass is 32.2. The van der Waals surface area contributed by atoms with E-state index < -0.39 is 25.1 Å². The second-order valence-electron chi connectivity index (χ2n) is 12.7. The molecule has 7 N–H and O–H groups in total. The SMILES string of the molecule is CN(CCO)c1nc(Nc2ccc(-c3nc(Nc4ccccc4)nc(N(C)CCO)n3)cc2)nc(Nc2ccc(/C=C/c3ccccc3S(=O)(=O)O)c(S(=O)(=O)O)c2)n1. The summed E-state index contributed by atoms with van der Waals surface area (Å²) in [6.45, 7) is 0.181. The summed E-state index contributed by atoms with van der Waals surface area (Å²) in [4.78, 5) is 29.5. The Labute approximate surface area is 339 Å². The smallest absolute Gasteiger partial charge is 0.295 e. The second-order valence-corrected chi connectivity index (χ2v) is 15.5. The number of anilines is 8. The van der Waals surface area contributed by atoms with Crippen LogP contribution in [0.1, 0.15) is 11.1 Å². The Hall–Kier alpha value is -6.62. The van der Waals surface area contributed by atoms with E-state index in [0.717, 1.165) is 11.8 Å². The highest BCUT2D eigenvalue weighted by Gasteiger charge is 2.19. The van der Waals surface area contributed by atoms with Crippen molar-refractivity contribution in [3.63, 3.8) is 0 Å². The van der Waals surface area contributed by atoms with Gasteiger partial charge in [0, 0.05) is 49.8 Å². The minimum atomic E-state index is -4.81. The summed E-state index contributed by atoms with van der Waals surface area (Å²) in [5.74, 6) is 1.26. The summed E-state index contributed by atoms with van der Waals surface area (Å²) < 4.78 is 68.4.